The van der Waals surface area contributed by atoms with Crippen molar-refractivity contribution >= 4 is 23.6 Å². The van der Waals surface area contributed by atoms with Gasteiger partial charge in [-0.3, -0.25) is 9.69 Å². The molecule has 0 radical (unpaired) electrons. The van der Waals surface area contributed by atoms with Gasteiger partial charge in [-0.2, -0.15) is 0 Å². The monoisotopic (exact) mass is 296 g/mol. The molecule has 0 bridgehead atoms. The molecule has 1 fully saturated rings. The highest BCUT2D eigenvalue weighted by Crippen LogP contribution is 2.30. The molecule has 1 saturated heterocycles. The summed E-state index contributed by atoms with van der Waals surface area (Å²) in [5, 5.41) is 0.571. The van der Waals surface area contributed by atoms with Gasteiger partial charge in [-0.25, -0.2) is 9.78 Å². The Morgan fingerprint density at radius 2 is 2.30 bits per heavy atom. The van der Waals surface area contributed by atoms with Gasteiger partial charge in [0.2, 0.25) is 11.8 Å². The zero-order valence-corrected chi connectivity index (χ0v) is 12.5. The number of thioether (sulfide) groups is 1. The minimum absolute atomic E-state index is 0.0703. The molecule has 1 aromatic heterocycles. The summed E-state index contributed by atoms with van der Waals surface area (Å²) in [5.74, 6) is 0.985. The molecule has 1 aliphatic heterocycles. The summed E-state index contributed by atoms with van der Waals surface area (Å²) in [5.41, 5.74) is 0.801. The van der Waals surface area contributed by atoms with Crippen molar-refractivity contribution in [1.82, 2.24) is 9.88 Å². The van der Waals surface area contributed by atoms with Crippen LogP contribution in [0.5, 0.6) is 0 Å². The third kappa shape index (κ3) is 3.22. The maximum absolute atomic E-state index is 11.9. The lowest BCUT2D eigenvalue weighted by Crippen LogP contribution is -2.24. The van der Waals surface area contributed by atoms with Crippen LogP contribution in [0.2, 0.25) is 0 Å². The maximum atomic E-state index is 11.9. The number of ether oxygens (including phenoxy) is 1. The van der Waals surface area contributed by atoms with Crippen molar-refractivity contribution in [3.05, 3.63) is 28.4 Å². The molecular weight excluding hydrogens is 280 g/mol. The van der Waals surface area contributed by atoms with Crippen molar-refractivity contribution in [3.63, 3.8) is 0 Å². The molecule has 0 aliphatic carbocycles. The minimum Gasteiger partial charge on any atom is -0.463 e. The maximum Gasteiger partial charge on any atom is 0.333 e. The van der Waals surface area contributed by atoms with Crippen LogP contribution in [0.3, 0.4) is 0 Å². The van der Waals surface area contributed by atoms with Gasteiger partial charge in [0.25, 0.3) is 0 Å². The van der Waals surface area contributed by atoms with E-state index in [-0.39, 0.29) is 12.5 Å². The summed E-state index contributed by atoms with van der Waals surface area (Å²) in [4.78, 5) is 29.1. The number of aryl methyl sites for hydroxylation is 2. The Labute approximate surface area is 121 Å². The van der Waals surface area contributed by atoms with E-state index in [0.717, 1.165) is 11.5 Å². The first-order chi connectivity index (χ1) is 9.51. The van der Waals surface area contributed by atoms with Gasteiger partial charge in [-0.05, 0) is 20.8 Å². The third-order valence-corrected chi connectivity index (χ3v) is 3.83. The van der Waals surface area contributed by atoms with Gasteiger partial charge in [0.15, 0.2) is 0 Å². The van der Waals surface area contributed by atoms with E-state index in [9.17, 15) is 9.59 Å². The van der Waals surface area contributed by atoms with Crippen LogP contribution in [0.4, 0.5) is 0 Å². The zero-order valence-electron chi connectivity index (χ0n) is 11.6. The number of carbonyl (C=O) groups is 2. The largest absolute Gasteiger partial charge is 0.463 e. The van der Waals surface area contributed by atoms with E-state index in [4.69, 9.17) is 9.15 Å². The Bertz CT molecular complexity index is 545. The van der Waals surface area contributed by atoms with Gasteiger partial charge in [-0.15, -0.1) is 0 Å². The highest BCUT2D eigenvalue weighted by molar-refractivity contribution is 8.04. The lowest BCUT2D eigenvalue weighted by atomic mass is 10.4. The quantitative estimate of drug-likeness (QED) is 0.623. The van der Waals surface area contributed by atoms with Crippen molar-refractivity contribution in [2.45, 2.75) is 27.3 Å². The predicted molar refractivity (Wildman–Crippen MR) is 73.7 cm³/mol. The fourth-order valence-corrected chi connectivity index (χ4v) is 2.66. The third-order valence-electron chi connectivity index (χ3n) is 2.80. The van der Waals surface area contributed by atoms with Crippen LogP contribution in [0.1, 0.15) is 24.3 Å². The Balaban J connectivity index is 2.14. The van der Waals surface area contributed by atoms with Crippen LogP contribution < -0.4 is 0 Å². The van der Waals surface area contributed by atoms with Crippen LogP contribution in [-0.4, -0.2) is 34.1 Å². The Kier molecular flexibility index (Phi) is 4.49. The molecule has 1 aliphatic rings. The summed E-state index contributed by atoms with van der Waals surface area (Å²) in [7, 11) is 0. The van der Waals surface area contributed by atoms with Gasteiger partial charge < -0.3 is 9.15 Å². The van der Waals surface area contributed by atoms with Crippen molar-refractivity contribution in [3.8, 4) is 0 Å². The first-order valence-electron chi connectivity index (χ1n) is 6.25. The second-order valence-corrected chi connectivity index (χ2v) is 5.25. The molecule has 1 aromatic rings. The van der Waals surface area contributed by atoms with E-state index >= 15 is 0 Å². The van der Waals surface area contributed by atoms with Gasteiger partial charge >= 0.3 is 5.97 Å². The molecule has 6 nitrogen and oxygen atoms in total. The lowest BCUT2D eigenvalue weighted by molar-refractivity contribution is -0.137. The van der Waals surface area contributed by atoms with Crippen LogP contribution >= 0.6 is 11.8 Å². The Morgan fingerprint density at radius 1 is 1.55 bits per heavy atom. The summed E-state index contributed by atoms with van der Waals surface area (Å²) in [6, 6.07) is 0. The van der Waals surface area contributed by atoms with E-state index in [0.29, 0.717) is 23.3 Å². The van der Waals surface area contributed by atoms with E-state index in [2.05, 4.69) is 4.98 Å². The first-order valence-corrected chi connectivity index (χ1v) is 7.24. The van der Waals surface area contributed by atoms with E-state index < -0.39 is 5.97 Å². The number of amides is 1. The number of esters is 1. The second-order valence-electron chi connectivity index (χ2n) is 4.25. The average Bonchev–Trinajstić information content (AvgIpc) is 2.87. The molecule has 0 atom stereocenters. The number of hydrogen-bond donors (Lipinski definition) is 0. The molecule has 7 heteroatoms. The summed E-state index contributed by atoms with van der Waals surface area (Å²) in [6.45, 7) is 5.94. The van der Waals surface area contributed by atoms with Crippen molar-refractivity contribution in [1.29, 1.82) is 0 Å². The second kappa shape index (κ2) is 6.13. The summed E-state index contributed by atoms with van der Waals surface area (Å²) < 4.78 is 10.3. The molecule has 2 rings (SSSR count). The molecule has 0 spiro atoms. The highest BCUT2D eigenvalue weighted by atomic mass is 32.2. The van der Waals surface area contributed by atoms with E-state index in [1.54, 1.807) is 6.92 Å². The number of carbonyl (C=O) groups excluding carboxylic acids is 2. The fourth-order valence-electron chi connectivity index (χ4n) is 1.73. The summed E-state index contributed by atoms with van der Waals surface area (Å²) in [6.07, 6.45) is 1.34. The Hall–Kier alpha value is -1.76. The van der Waals surface area contributed by atoms with Crippen molar-refractivity contribution in [2.75, 3.05) is 12.4 Å². The van der Waals surface area contributed by atoms with Crippen LogP contribution in [-0.2, 0) is 20.9 Å². The first kappa shape index (κ1) is 14.6. The van der Waals surface area contributed by atoms with Crippen molar-refractivity contribution < 1.29 is 18.7 Å². The molecule has 20 heavy (non-hydrogen) atoms. The lowest BCUT2D eigenvalue weighted by Gasteiger charge is -2.14. The van der Waals surface area contributed by atoms with E-state index in [1.807, 2.05) is 13.8 Å². The number of aromatic nitrogens is 1. The van der Waals surface area contributed by atoms with Crippen molar-refractivity contribution in [2.24, 2.45) is 0 Å². The Morgan fingerprint density at radius 3 is 2.90 bits per heavy atom. The summed E-state index contributed by atoms with van der Waals surface area (Å²) >= 11 is 1.31. The number of oxazole rings is 1. The standard InChI is InChI=1S/C13H16N2O4S/c1-4-18-13(17)5-12-15(11(16)7-20-12)6-10-14-8(2)9(3)19-10/h5H,4,6-7H2,1-3H3/b12-5-. The van der Waals surface area contributed by atoms with Gasteiger partial charge in [-0.1, -0.05) is 11.8 Å². The zero-order chi connectivity index (χ0) is 14.7. The SMILES string of the molecule is CCOC(=O)/C=C1\SCC(=O)N1Cc1nc(C)c(C)o1. The molecule has 2 heterocycles. The topological polar surface area (TPSA) is 72.6 Å². The van der Waals surface area contributed by atoms with Gasteiger partial charge in [0.1, 0.15) is 12.3 Å². The van der Waals surface area contributed by atoms with E-state index in [1.165, 1.54) is 22.7 Å². The van der Waals surface area contributed by atoms with Gasteiger partial charge in [0, 0.05) is 0 Å². The molecular formula is C13H16N2O4S. The molecule has 1 amide bonds. The molecule has 0 aromatic carbocycles. The van der Waals surface area contributed by atoms with Gasteiger partial charge in [0.05, 0.1) is 29.2 Å². The van der Waals surface area contributed by atoms with Crippen LogP contribution in [0.25, 0.3) is 0 Å². The molecule has 0 unspecified atom stereocenters. The molecule has 108 valence electrons. The normalized spacial score (nSPS) is 17.1. The minimum atomic E-state index is -0.450. The number of rotatable bonds is 4. The molecule has 0 saturated carbocycles. The highest BCUT2D eigenvalue weighted by Gasteiger charge is 2.29. The smallest absolute Gasteiger partial charge is 0.333 e. The fraction of sp³-hybridized carbons (Fsp3) is 0.462. The van der Waals surface area contributed by atoms with Crippen LogP contribution in [0, 0.1) is 13.8 Å². The van der Waals surface area contributed by atoms with Crippen LogP contribution in [0.15, 0.2) is 15.5 Å². The average molecular weight is 296 g/mol. The molecule has 0 N–H and O–H groups in total. The predicted octanol–water partition coefficient (Wildman–Crippen LogP) is 1.77. The number of hydrogen-bond acceptors (Lipinski definition) is 6. The number of nitrogens with zero attached hydrogens (tertiary/aromatic N) is 2.